The molecule has 1 saturated heterocycles. The maximum Gasteiger partial charge on any atom is 0.290 e. The molecule has 160 valence electrons. The van der Waals surface area contributed by atoms with E-state index < -0.39 is 0 Å². The lowest BCUT2D eigenvalue weighted by molar-refractivity contribution is 0.0516. The van der Waals surface area contributed by atoms with E-state index in [0.717, 1.165) is 5.75 Å². The van der Waals surface area contributed by atoms with Crippen LogP contribution < -0.4 is 9.47 Å². The van der Waals surface area contributed by atoms with Gasteiger partial charge in [-0.25, -0.2) is 0 Å². The van der Waals surface area contributed by atoms with Gasteiger partial charge in [0.1, 0.15) is 18.1 Å². The van der Waals surface area contributed by atoms with Crippen LogP contribution in [0.15, 0.2) is 71.3 Å². The number of rotatable bonds is 6. The molecule has 0 bridgehead atoms. The molecule has 1 aromatic heterocycles. The Bertz CT molecular complexity index is 1040. The van der Waals surface area contributed by atoms with Crippen LogP contribution >= 0.6 is 0 Å². The SMILES string of the molecule is COc1cccc(C(=O)N2CCN(C(=O)c3occc3COc3ccccc3)CC2)c1. The first-order chi connectivity index (χ1) is 15.2. The third kappa shape index (κ3) is 4.71. The predicted octanol–water partition coefficient (Wildman–Crippen LogP) is 3.47. The van der Waals surface area contributed by atoms with E-state index in [1.807, 2.05) is 30.3 Å². The van der Waals surface area contributed by atoms with Gasteiger partial charge in [0.15, 0.2) is 5.76 Å². The number of para-hydroxylation sites is 1. The highest BCUT2D eigenvalue weighted by molar-refractivity contribution is 5.95. The van der Waals surface area contributed by atoms with Gasteiger partial charge in [-0.2, -0.15) is 0 Å². The van der Waals surface area contributed by atoms with Crippen molar-refractivity contribution in [1.29, 1.82) is 0 Å². The number of ether oxygens (including phenoxy) is 2. The van der Waals surface area contributed by atoms with Crippen molar-refractivity contribution >= 4 is 11.8 Å². The van der Waals surface area contributed by atoms with Crippen LogP contribution in [0.1, 0.15) is 26.5 Å². The fourth-order valence-corrected chi connectivity index (χ4v) is 3.51. The van der Waals surface area contributed by atoms with Crippen molar-refractivity contribution in [3.05, 3.63) is 83.8 Å². The van der Waals surface area contributed by atoms with Gasteiger partial charge in [-0.3, -0.25) is 9.59 Å². The molecule has 0 spiro atoms. The molecule has 0 aliphatic carbocycles. The summed E-state index contributed by atoms with van der Waals surface area (Å²) in [5.41, 5.74) is 1.27. The lowest BCUT2D eigenvalue weighted by atomic mass is 10.1. The molecule has 0 saturated carbocycles. The summed E-state index contributed by atoms with van der Waals surface area (Å²) >= 11 is 0. The van der Waals surface area contributed by atoms with Gasteiger partial charge in [-0.15, -0.1) is 0 Å². The van der Waals surface area contributed by atoms with E-state index in [2.05, 4.69) is 0 Å². The van der Waals surface area contributed by atoms with Gasteiger partial charge in [0.2, 0.25) is 0 Å². The number of amides is 2. The Morgan fingerprint density at radius 1 is 0.871 bits per heavy atom. The summed E-state index contributed by atoms with van der Waals surface area (Å²) in [6, 6.07) is 18.3. The number of hydrogen-bond acceptors (Lipinski definition) is 5. The normalized spacial score (nSPS) is 13.7. The smallest absolute Gasteiger partial charge is 0.290 e. The highest BCUT2D eigenvalue weighted by Gasteiger charge is 2.28. The number of carbonyl (C=O) groups is 2. The van der Waals surface area contributed by atoms with Gasteiger partial charge in [0, 0.05) is 37.3 Å². The summed E-state index contributed by atoms with van der Waals surface area (Å²) in [6.45, 7) is 2.04. The van der Waals surface area contributed by atoms with E-state index in [1.165, 1.54) is 6.26 Å². The van der Waals surface area contributed by atoms with Crippen molar-refractivity contribution in [2.45, 2.75) is 6.61 Å². The molecule has 1 fully saturated rings. The van der Waals surface area contributed by atoms with E-state index in [9.17, 15) is 9.59 Å². The summed E-state index contributed by atoms with van der Waals surface area (Å²) in [4.78, 5) is 29.2. The van der Waals surface area contributed by atoms with Gasteiger partial charge < -0.3 is 23.7 Å². The summed E-state index contributed by atoms with van der Waals surface area (Å²) in [6.07, 6.45) is 1.50. The van der Waals surface area contributed by atoms with Crippen molar-refractivity contribution in [3.63, 3.8) is 0 Å². The Morgan fingerprint density at radius 3 is 2.26 bits per heavy atom. The Morgan fingerprint density at radius 2 is 1.55 bits per heavy atom. The van der Waals surface area contributed by atoms with Crippen LogP contribution in [0.5, 0.6) is 11.5 Å². The van der Waals surface area contributed by atoms with Gasteiger partial charge in [0.05, 0.1) is 13.4 Å². The second-order valence-corrected chi connectivity index (χ2v) is 7.19. The van der Waals surface area contributed by atoms with E-state index in [-0.39, 0.29) is 24.2 Å². The van der Waals surface area contributed by atoms with Crippen molar-refractivity contribution in [2.24, 2.45) is 0 Å². The summed E-state index contributed by atoms with van der Waals surface area (Å²) in [5, 5.41) is 0. The van der Waals surface area contributed by atoms with Crippen LogP contribution in [-0.4, -0.2) is 54.9 Å². The minimum Gasteiger partial charge on any atom is -0.497 e. The van der Waals surface area contributed by atoms with Crippen LogP contribution in [0.25, 0.3) is 0 Å². The molecular weight excluding hydrogens is 396 g/mol. The maximum atomic E-state index is 13.0. The largest absolute Gasteiger partial charge is 0.497 e. The summed E-state index contributed by atoms with van der Waals surface area (Å²) in [5.74, 6) is 1.39. The quantitative estimate of drug-likeness (QED) is 0.611. The number of nitrogens with zero attached hydrogens (tertiary/aromatic N) is 2. The van der Waals surface area contributed by atoms with Crippen molar-refractivity contribution in [3.8, 4) is 11.5 Å². The second kappa shape index (κ2) is 9.38. The molecule has 1 aliphatic heterocycles. The third-order valence-electron chi connectivity index (χ3n) is 5.25. The molecule has 2 heterocycles. The summed E-state index contributed by atoms with van der Waals surface area (Å²) in [7, 11) is 1.57. The van der Waals surface area contributed by atoms with E-state index in [0.29, 0.717) is 43.1 Å². The molecule has 0 atom stereocenters. The van der Waals surface area contributed by atoms with E-state index >= 15 is 0 Å². The molecule has 0 unspecified atom stereocenters. The minimum atomic E-state index is -0.190. The van der Waals surface area contributed by atoms with Gasteiger partial charge >= 0.3 is 0 Å². The highest BCUT2D eigenvalue weighted by atomic mass is 16.5. The van der Waals surface area contributed by atoms with Gasteiger partial charge in [0.25, 0.3) is 11.8 Å². The lowest BCUT2D eigenvalue weighted by Crippen LogP contribution is -2.50. The first kappa shape index (κ1) is 20.5. The average molecular weight is 420 g/mol. The van der Waals surface area contributed by atoms with Crippen LogP contribution in [0.4, 0.5) is 0 Å². The Hall–Kier alpha value is -3.74. The minimum absolute atomic E-state index is 0.0686. The first-order valence-corrected chi connectivity index (χ1v) is 10.1. The van der Waals surface area contributed by atoms with Crippen molar-refractivity contribution in [1.82, 2.24) is 9.80 Å². The standard InChI is InChI=1S/C24H24N2O5/c1-29-21-9-5-6-18(16-21)23(27)25-11-13-26(14-12-25)24(28)22-19(10-15-30-22)17-31-20-7-3-2-4-8-20/h2-10,15-16H,11-14,17H2,1H3. The first-order valence-electron chi connectivity index (χ1n) is 10.1. The van der Waals surface area contributed by atoms with Crippen molar-refractivity contribution < 1.29 is 23.5 Å². The topological polar surface area (TPSA) is 72.2 Å². The number of hydrogen-bond donors (Lipinski definition) is 0. The van der Waals surface area contributed by atoms with Gasteiger partial charge in [-0.1, -0.05) is 24.3 Å². The lowest BCUT2D eigenvalue weighted by Gasteiger charge is -2.34. The zero-order chi connectivity index (χ0) is 21.6. The van der Waals surface area contributed by atoms with Crippen molar-refractivity contribution in [2.75, 3.05) is 33.3 Å². The molecule has 0 N–H and O–H groups in total. The number of carbonyl (C=O) groups excluding carboxylic acids is 2. The molecular formula is C24H24N2O5. The number of piperazine rings is 1. The fraction of sp³-hybridized carbons (Fsp3) is 0.250. The van der Waals surface area contributed by atoms with Crippen LogP contribution in [0.3, 0.4) is 0 Å². The van der Waals surface area contributed by atoms with Crippen LogP contribution in [0, 0.1) is 0 Å². The van der Waals surface area contributed by atoms with E-state index in [4.69, 9.17) is 13.9 Å². The maximum absolute atomic E-state index is 13.0. The molecule has 31 heavy (non-hydrogen) atoms. The molecule has 4 rings (SSSR count). The molecule has 1 aliphatic rings. The second-order valence-electron chi connectivity index (χ2n) is 7.19. The molecule has 2 amide bonds. The fourth-order valence-electron chi connectivity index (χ4n) is 3.51. The van der Waals surface area contributed by atoms with Crippen LogP contribution in [0.2, 0.25) is 0 Å². The number of furan rings is 1. The number of methoxy groups -OCH3 is 1. The molecule has 2 aromatic carbocycles. The molecule has 0 radical (unpaired) electrons. The molecule has 7 heteroatoms. The Labute approximate surface area is 180 Å². The monoisotopic (exact) mass is 420 g/mol. The third-order valence-corrected chi connectivity index (χ3v) is 5.25. The predicted molar refractivity (Wildman–Crippen MR) is 114 cm³/mol. The number of benzene rings is 2. The van der Waals surface area contributed by atoms with Gasteiger partial charge in [-0.05, 0) is 36.4 Å². The average Bonchev–Trinajstić information content (AvgIpc) is 3.31. The summed E-state index contributed by atoms with van der Waals surface area (Å²) < 4.78 is 16.4. The zero-order valence-corrected chi connectivity index (χ0v) is 17.3. The Balaban J connectivity index is 1.35. The zero-order valence-electron chi connectivity index (χ0n) is 17.3. The highest BCUT2D eigenvalue weighted by Crippen LogP contribution is 2.19. The molecule has 7 nitrogen and oxygen atoms in total. The van der Waals surface area contributed by atoms with E-state index in [1.54, 1.807) is 47.2 Å². The molecule has 3 aromatic rings. The van der Waals surface area contributed by atoms with Crippen LogP contribution in [-0.2, 0) is 6.61 Å². The Kier molecular flexibility index (Phi) is 6.21.